The lowest BCUT2D eigenvalue weighted by Crippen LogP contribution is -2.17. The predicted octanol–water partition coefficient (Wildman–Crippen LogP) is 3.18. The maximum Gasteiger partial charge on any atom is 0.0509 e. The van der Waals surface area contributed by atoms with E-state index in [9.17, 15) is 0 Å². The van der Waals surface area contributed by atoms with Crippen LogP contribution in [0.1, 0.15) is 17.5 Å². The van der Waals surface area contributed by atoms with E-state index in [0.717, 1.165) is 26.1 Å². The van der Waals surface area contributed by atoms with E-state index in [-0.39, 0.29) is 5.38 Å². The summed E-state index contributed by atoms with van der Waals surface area (Å²) in [6.07, 6.45) is 2.07. The van der Waals surface area contributed by atoms with E-state index in [2.05, 4.69) is 31.2 Å². The molecule has 1 fully saturated rings. The molecule has 82 valence electrons. The number of alkyl halides is 1. The van der Waals surface area contributed by atoms with Gasteiger partial charge in [-0.25, -0.2) is 0 Å². The first kappa shape index (κ1) is 11.0. The molecule has 2 atom stereocenters. The summed E-state index contributed by atoms with van der Waals surface area (Å²) in [5, 5.41) is 0.217. The van der Waals surface area contributed by atoms with Gasteiger partial charge in [-0.1, -0.05) is 29.8 Å². The molecule has 15 heavy (non-hydrogen) atoms. The SMILES string of the molecule is Cc1cccc(CC(Cl)C2CCOC2)c1. The minimum absolute atomic E-state index is 0.217. The average Bonchev–Trinajstić information content (AvgIpc) is 2.70. The van der Waals surface area contributed by atoms with Crippen LogP contribution in [0, 0.1) is 12.8 Å². The standard InChI is InChI=1S/C13H17ClO/c1-10-3-2-4-11(7-10)8-13(14)12-5-6-15-9-12/h2-4,7,12-13H,5-6,8-9H2,1H3. The number of rotatable bonds is 3. The smallest absolute Gasteiger partial charge is 0.0509 e. The largest absolute Gasteiger partial charge is 0.381 e. The Morgan fingerprint density at radius 3 is 3.07 bits per heavy atom. The van der Waals surface area contributed by atoms with Crippen molar-refractivity contribution in [1.82, 2.24) is 0 Å². The summed E-state index contributed by atoms with van der Waals surface area (Å²) in [7, 11) is 0. The number of halogens is 1. The van der Waals surface area contributed by atoms with E-state index >= 15 is 0 Å². The summed E-state index contributed by atoms with van der Waals surface area (Å²) in [5.74, 6) is 0.534. The highest BCUT2D eigenvalue weighted by Crippen LogP contribution is 2.24. The Morgan fingerprint density at radius 2 is 2.40 bits per heavy atom. The summed E-state index contributed by atoms with van der Waals surface area (Å²) in [5.41, 5.74) is 2.64. The lowest BCUT2D eigenvalue weighted by atomic mass is 9.97. The van der Waals surface area contributed by atoms with Gasteiger partial charge in [0.1, 0.15) is 0 Å². The molecule has 0 amide bonds. The second-order valence-electron chi connectivity index (χ2n) is 4.33. The van der Waals surface area contributed by atoms with Crippen molar-refractivity contribution in [2.45, 2.75) is 25.1 Å². The van der Waals surface area contributed by atoms with Gasteiger partial charge in [-0.3, -0.25) is 0 Å². The van der Waals surface area contributed by atoms with E-state index in [1.165, 1.54) is 11.1 Å². The van der Waals surface area contributed by atoms with Crippen molar-refractivity contribution in [3.8, 4) is 0 Å². The molecule has 1 aliphatic heterocycles. The van der Waals surface area contributed by atoms with Crippen LogP contribution in [-0.2, 0) is 11.2 Å². The molecule has 0 saturated carbocycles. The van der Waals surface area contributed by atoms with Gasteiger partial charge in [0.05, 0.1) is 6.61 Å². The summed E-state index contributed by atoms with van der Waals surface area (Å²) in [6, 6.07) is 8.58. The van der Waals surface area contributed by atoms with Crippen LogP contribution in [0.3, 0.4) is 0 Å². The first-order chi connectivity index (χ1) is 7.25. The van der Waals surface area contributed by atoms with Gasteiger partial charge in [0, 0.05) is 17.9 Å². The zero-order chi connectivity index (χ0) is 10.7. The van der Waals surface area contributed by atoms with Crippen molar-refractivity contribution in [1.29, 1.82) is 0 Å². The van der Waals surface area contributed by atoms with Crippen molar-refractivity contribution in [3.05, 3.63) is 35.4 Å². The van der Waals surface area contributed by atoms with Gasteiger partial charge < -0.3 is 4.74 Å². The van der Waals surface area contributed by atoms with Gasteiger partial charge in [0.15, 0.2) is 0 Å². The number of hydrogen-bond acceptors (Lipinski definition) is 1. The lowest BCUT2D eigenvalue weighted by Gasteiger charge is -2.15. The third-order valence-electron chi connectivity index (χ3n) is 2.99. The molecule has 0 spiro atoms. The summed E-state index contributed by atoms with van der Waals surface area (Å²) in [6.45, 7) is 3.83. The molecule has 0 aromatic heterocycles. The number of ether oxygens (including phenoxy) is 1. The fourth-order valence-corrected chi connectivity index (χ4v) is 2.45. The Hall–Kier alpha value is -0.530. The van der Waals surface area contributed by atoms with Crippen molar-refractivity contribution in [3.63, 3.8) is 0 Å². The summed E-state index contributed by atoms with van der Waals surface area (Å²) < 4.78 is 5.36. The molecule has 1 aromatic rings. The van der Waals surface area contributed by atoms with Crippen molar-refractivity contribution in [2.24, 2.45) is 5.92 Å². The quantitative estimate of drug-likeness (QED) is 0.717. The molecule has 1 nitrogen and oxygen atoms in total. The van der Waals surface area contributed by atoms with Gasteiger partial charge in [-0.15, -0.1) is 11.6 Å². The van der Waals surface area contributed by atoms with Crippen LogP contribution >= 0.6 is 11.6 Å². The minimum atomic E-state index is 0.217. The molecule has 1 saturated heterocycles. The molecule has 0 radical (unpaired) electrons. The van der Waals surface area contributed by atoms with Crippen LogP contribution in [0.2, 0.25) is 0 Å². The lowest BCUT2D eigenvalue weighted by molar-refractivity contribution is 0.185. The van der Waals surface area contributed by atoms with Crippen LogP contribution in [0.25, 0.3) is 0 Å². The Morgan fingerprint density at radius 1 is 1.53 bits per heavy atom. The molecule has 0 N–H and O–H groups in total. The highest BCUT2D eigenvalue weighted by molar-refractivity contribution is 6.20. The first-order valence-electron chi connectivity index (χ1n) is 5.53. The molecular weight excluding hydrogens is 208 g/mol. The van der Waals surface area contributed by atoms with E-state index in [1.807, 2.05) is 0 Å². The molecule has 2 heteroatoms. The molecule has 2 rings (SSSR count). The van der Waals surface area contributed by atoms with Crippen LogP contribution in [-0.4, -0.2) is 18.6 Å². The molecular formula is C13H17ClO. The van der Waals surface area contributed by atoms with Gasteiger partial charge in [-0.05, 0) is 25.3 Å². The second-order valence-corrected chi connectivity index (χ2v) is 4.89. The van der Waals surface area contributed by atoms with Gasteiger partial charge in [-0.2, -0.15) is 0 Å². The Kier molecular flexibility index (Phi) is 3.66. The van der Waals surface area contributed by atoms with E-state index in [1.54, 1.807) is 0 Å². The normalized spacial score (nSPS) is 22.9. The third kappa shape index (κ3) is 2.96. The molecule has 0 aliphatic carbocycles. The van der Waals surface area contributed by atoms with Crippen LogP contribution in [0.5, 0.6) is 0 Å². The van der Waals surface area contributed by atoms with E-state index in [4.69, 9.17) is 16.3 Å². The topological polar surface area (TPSA) is 9.23 Å². The Labute approximate surface area is 96.4 Å². The second kappa shape index (κ2) is 5.00. The number of aryl methyl sites for hydroxylation is 1. The summed E-state index contributed by atoms with van der Waals surface area (Å²) in [4.78, 5) is 0. The maximum absolute atomic E-state index is 6.39. The molecule has 1 heterocycles. The van der Waals surface area contributed by atoms with Crippen LogP contribution < -0.4 is 0 Å². The summed E-state index contributed by atoms with van der Waals surface area (Å²) >= 11 is 6.39. The third-order valence-corrected chi connectivity index (χ3v) is 3.50. The van der Waals surface area contributed by atoms with E-state index < -0.39 is 0 Å². The van der Waals surface area contributed by atoms with Gasteiger partial charge in [0.2, 0.25) is 0 Å². The van der Waals surface area contributed by atoms with Crippen molar-refractivity contribution < 1.29 is 4.74 Å². The average molecular weight is 225 g/mol. The Bertz CT molecular complexity index is 318. The highest BCUT2D eigenvalue weighted by Gasteiger charge is 2.23. The zero-order valence-electron chi connectivity index (χ0n) is 9.08. The maximum atomic E-state index is 6.39. The monoisotopic (exact) mass is 224 g/mol. The van der Waals surface area contributed by atoms with Gasteiger partial charge >= 0.3 is 0 Å². The molecule has 1 aromatic carbocycles. The zero-order valence-corrected chi connectivity index (χ0v) is 9.83. The Balaban J connectivity index is 1.95. The minimum Gasteiger partial charge on any atom is -0.381 e. The van der Waals surface area contributed by atoms with Crippen LogP contribution in [0.15, 0.2) is 24.3 Å². The van der Waals surface area contributed by atoms with Crippen LogP contribution in [0.4, 0.5) is 0 Å². The van der Waals surface area contributed by atoms with E-state index in [0.29, 0.717) is 5.92 Å². The highest BCUT2D eigenvalue weighted by atomic mass is 35.5. The molecule has 2 unspecified atom stereocenters. The van der Waals surface area contributed by atoms with Crippen molar-refractivity contribution in [2.75, 3.05) is 13.2 Å². The van der Waals surface area contributed by atoms with Crippen molar-refractivity contribution >= 4 is 11.6 Å². The first-order valence-corrected chi connectivity index (χ1v) is 5.97. The molecule has 1 aliphatic rings. The number of benzene rings is 1. The fraction of sp³-hybridized carbons (Fsp3) is 0.538. The van der Waals surface area contributed by atoms with Gasteiger partial charge in [0.25, 0.3) is 0 Å². The predicted molar refractivity (Wildman–Crippen MR) is 63.5 cm³/mol. The molecule has 0 bridgehead atoms. The number of hydrogen-bond donors (Lipinski definition) is 0. The fourth-order valence-electron chi connectivity index (χ4n) is 2.07.